The van der Waals surface area contributed by atoms with E-state index in [1.807, 2.05) is 0 Å². The minimum absolute atomic E-state index is 0.101. The highest BCUT2D eigenvalue weighted by Crippen LogP contribution is 2.46. The Morgan fingerprint density at radius 3 is 2.46 bits per heavy atom. The van der Waals surface area contributed by atoms with Crippen molar-refractivity contribution in [2.45, 2.75) is 26.7 Å². The van der Waals surface area contributed by atoms with Crippen LogP contribution in [0.15, 0.2) is 0 Å². The first kappa shape index (κ1) is 10.0. The van der Waals surface area contributed by atoms with E-state index in [9.17, 15) is 9.59 Å². The van der Waals surface area contributed by atoms with Crippen molar-refractivity contribution in [2.75, 3.05) is 13.2 Å². The third-order valence-electron chi connectivity index (χ3n) is 2.24. The number of amides is 1. The molecule has 1 fully saturated rings. The first-order chi connectivity index (χ1) is 6.10. The molecule has 0 aromatic rings. The van der Waals surface area contributed by atoms with Gasteiger partial charge in [-0.1, -0.05) is 0 Å². The van der Waals surface area contributed by atoms with E-state index < -0.39 is 5.41 Å². The van der Waals surface area contributed by atoms with Gasteiger partial charge in [0.1, 0.15) is 0 Å². The van der Waals surface area contributed by atoms with Gasteiger partial charge in [0.25, 0.3) is 0 Å². The Hall–Kier alpha value is -1.06. The molecule has 4 nitrogen and oxygen atoms in total. The molecule has 1 saturated carbocycles. The molecular formula is C9H15NO3. The lowest BCUT2D eigenvalue weighted by Gasteiger charge is -2.13. The normalized spacial score (nSPS) is 17.7. The Morgan fingerprint density at radius 2 is 2.08 bits per heavy atom. The van der Waals surface area contributed by atoms with Gasteiger partial charge in [0, 0.05) is 13.5 Å². The zero-order chi connectivity index (χ0) is 9.90. The van der Waals surface area contributed by atoms with Crippen molar-refractivity contribution in [3.05, 3.63) is 0 Å². The topological polar surface area (TPSA) is 55.4 Å². The monoisotopic (exact) mass is 185 g/mol. The van der Waals surface area contributed by atoms with Gasteiger partial charge in [-0.2, -0.15) is 0 Å². The lowest BCUT2D eigenvalue weighted by Crippen LogP contribution is -2.33. The fourth-order valence-corrected chi connectivity index (χ4v) is 1.18. The zero-order valence-corrected chi connectivity index (χ0v) is 8.05. The molecule has 1 rings (SSSR count). The molecule has 1 aliphatic rings. The van der Waals surface area contributed by atoms with E-state index in [4.69, 9.17) is 4.74 Å². The van der Waals surface area contributed by atoms with Crippen LogP contribution < -0.4 is 5.32 Å². The van der Waals surface area contributed by atoms with Crippen molar-refractivity contribution in [3.8, 4) is 0 Å². The summed E-state index contributed by atoms with van der Waals surface area (Å²) < 4.78 is 4.91. The molecule has 0 spiro atoms. The standard InChI is InChI=1S/C9H15NO3/c1-3-13-8(12)9(4-5-9)6-10-7(2)11/h3-6H2,1-2H3,(H,10,11). The number of nitrogens with one attached hydrogen (secondary N) is 1. The van der Waals surface area contributed by atoms with Crippen LogP contribution in [0.5, 0.6) is 0 Å². The maximum Gasteiger partial charge on any atom is 0.313 e. The highest BCUT2D eigenvalue weighted by molar-refractivity contribution is 5.81. The Balaban J connectivity index is 2.38. The predicted octanol–water partition coefficient (Wildman–Crippen LogP) is 0.466. The smallest absolute Gasteiger partial charge is 0.313 e. The summed E-state index contributed by atoms with van der Waals surface area (Å²) in [6.07, 6.45) is 1.65. The summed E-state index contributed by atoms with van der Waals surface area (Å²) in [6.45, 7) is 4.05. The van der Waals surface area contributed by atoms with Crippen LogP contribution in [0, 0.1) is 5.41 Å². The first-order valence-electron chi connectivity index (χ1n) is 4.52. The molecule has 0 bridgehead atoms. The van der Waals surface area contributed by atoms with Crippen LogP contribution in [-0.4, -0.2) is 25.0 Å². The summed E-state index contributed by atoms with van der Waals surface area (Å²) in [6, 6.07) is 0. The van der Waals surface area contributed by atoms with Crippen LogP contribution in [0.3, 0.4) is 0 Å². The second-order valence-corrected chi connectivity index (χ2v) is 3.41. The van der Waals surface area contributed by atoms with Gasteiger partial charge in [-0.05, 0) is 19.8 Å². The molecule has 1 aliphatic carbocycles. The Morgan fingerprint density at radius 1 is 1.46 bits per heavy atom. The van der Waals surface area contributed by atoms with Crippen molar-refractivity contribution >= 4 is 11.9 Å². The van der Waals surface area contributed by atoms with E-state index in [0.29, 0.717) is 13.2 Å². The highest BCUT2D eigenvalue weighted by atomic mass is 16.5. The fraction of sp³-hybridized carbons (Fsp3) is 0.778. The molecule has 0 aromatic carbocycles. The van der Waals surface area contributed by atoms with Crippen molar-refractivity contribution < 1.29 is 14.3 Å². The second-order valence-electron chi connectivity index (χ2n) is 3.41. The number of hydrogen-bond donors (Lipinski definition) is 1. The van der Waals surface area contributed by atoms with Crippen molar-refractivity contribution in [2.24, 2.45) is 5.41 Å². The van der Waals surface area contributed by atoms with Crippen molar-refractivity contribution in [3.63, 3.8) is 0 Å². The molecule has 0 aromatic heterocycles. The molecule has 0 atom stereocenters. The predicted molar refractivity (Wildman–Crippen MR) is 47.0 cm³/mol. The summed E-state index contributed by atoms with van der Waals surface area (Å²) in [7, 11) is 0. The summed E-state index contributed by atoms with van der Waals surface area (Å²) >= 11 is 0. The van der Waals surface area contributed by atoms with Gasteiger partial charge in [-0.15, -0.1) is 0 Å². The molecule has 74 valence electrons. The van der Waals surface area contributed by atoms with Crippen LogP contribution in [0.25, 0.3) is 0 Å². The quantitative estimate of drug-likeness (QED) is 0.647. The Bertz CT molecular complexity index is 221. The van der Waals surface area contributed by atoms with Crippen LogP contribution in [0.1, 0.15) is 26.7 Å². The van der Waals surface area contributed by atoms with E-state index in [-0.39, 0.29) is 11.9 Å². The van der Waals surface area contributed by atoms with E-state index in [1.54, 1.807) is 6.92 Å². The number of rotatable bonds is 4. The second kappa shape index (κ2) is 3.77. The average Bonchev–Trinajstić information content (AvgIpc) is 2.82. The molecule has 0 heterocycles. The number of esters is 1. The van der Waals surface area contributed by atoms with E-state index in [2.05, 4.69) is 5.32 Å². The number of hydrogen-bond acceptors (Lipinski definition) is 3. The van der Waals surface area contributed by atoms with Gasteiger partial charge < -0.3 is 10.1 Å². The molecule has 13 heavy (non-hydrogen) atoms. The minimum atomic E-state index is -0.401. The van der Waals surface area contributed by atoms with E-state index in [0.717, 1.165) is 12.8 Å². The van der Waals surface area contributed by atoms with Crippen molar-refractivity contribution in [1.82, 2.24) is 5.32 Å². The van der Waals surface area contributed by atoms with Crippen LogP contribution in [-0.2, 0) is 14.3 Å². The maximum atomic E-state index is 11.4. The van der Waals surface area contributed by atoms with Gasteiger partial charge >= 0.3 is 5.97 Å². The maximum absolute atomic E-state index is 11.4. The van der Waals surface area contributed by atoms with Crippen LogP contribution >= 0.6 is 0 Å². The minimum Gasteiger partial charge on any atom is -0.466 e. The molecule has 0 saturated heterocycles. The summed E-state index contributed by atoms with van der Waals surface area (Å²) in [5.41, 5.74) is -0.401. The summed E-state index contributed by atoms with van der Waals surface area (Å²) in [5.74, 6) is -0.278. The van der Waals surface area contributed by atoms with Gasteiger partial charge in [-0.25, -0.2) is 0 Å². The molecule has 1 N–H and O–H groups in total. The van der Waals surface area contributed by atoms with Gasteiger partial charge in [0.15, 0.2) is 0 Å². The number of carbonyl (C=O) groups excluding carboxylic acids is 2. The van der Waals surface area contributed by atoms with E-state index in [1.165, 1.54) is 6.92 Å². The summed E-state index contributed by atoms with van der Waals surface area (Å²) in [4.78, 5) is 22.0. The van der Waals surface area contributed by atoms with Gasteiger partial charge in [-0.3, -0.25) is 9.59 Å². The van der Waals surface area contributed by atoms with Gasteiger partial charge in [0.05, 0.1) is 12.0 Å². The summed E-state index contributed by atoms with van der Waals surface area (Å²) in [5, 5.41) is 2.65. The number of carbonyl (C=O) groups is 2. The van der Waals surface area contributed by atoms with Crippen LogP contribution in [0.4, 0.5) is 0 Å². The fourth-order valence-electron chi connectivity index (χ4n) is 1.18. The molecule has 0 radical (unpaired) electrons. The molecule has 1 amide bonds. The average molecular weight is 185 g/mol. The zero-order valence-electron chi connectivity index (χ0n) is 8.05. The van der Waals surface area contributed by atoms with Crippen molar-refractivity contribution in [1.29, 1.82) is 0 Å². The molecule has 4 heteroatoms. The molecular weight excluding hydrogens is 170 g/mol. The van der Waals surface area contributed by atoms with E-state index >= 15 is 0 Å². The third-order valence-corrected chi connectivity index (χ3v) is 2.24. The lowest BCUT2D eigenvalue weighted by atomic mass is 10.1. The lowest BCUT2D eigenvalue weighted by molar-refractivity contribution is -0.149. The highest BCUT2D eigenvalue weighted by Gasteiger charge is 2.51. The Labute approximate surface area is 77.6 Å². The number of ether oxygens (including phenoxy) is 1. The molecule has 0 aliphatic heterocycles. The third kappa shape index (κ3) is 2.44. The Kier molecular flexibility index (Phi) is 2.90. The largest absolute Gasteiger partial charge is 0.466 e. The molecule has 0 unspecified atom stereocenters. The van der Waals surface area contributed by atoms with Gasteiger partial charge in [0.2, 0.25) is 5.91 Å². The SMILES string of the molecule is CCOC(=O)C1(CNC(C)=O)CC1. The van der Waals surface area contributed by atoms with Crippen LogP contribution in [0.2, 0.25) is 0 Å². The first-order valence-corrected chi connectivity index (χ1v) is 4.52.